The van der Waals surface area contributed by atoms with E-state index in [1.54, 1.807) is 28.6 Å². The first-order chi connectivity index (χ1) is 13.5. The van der Waals surface area contributed by atoms with Crippen molar-refractivity contribution in [2.24, 2.45) is 0 Å². The summed E-state index contributed by atoms with van der Waals surface area (Å²) < 4.78 is 39.3. The second kappa shape index (κ2) is 8.21. The molecule has 4 rings (SSSR count). The molecule has 0 bridgehead atoms. The highest BCUT2D eigenvalue weighted by Crippen LogP contribution is 2.30. The molecule has 0 radical (unpaired) electrons. The van der Waals surface area contributed by atoms with Gasteiger partial charge in [-0.05, 0) is 36.8 Å². The first kappa shape index (κ1) is 19.4. The number of nitrogens with zero attached hydrogens (tertiary/aromatic N) is 2. The van der Waals surface area contributed by atoms with Crippen LogP contribution in [0.25, 0.3) is 0 Å². The summed E-state index contributed by atoms with van der Waals surface area (Å²) in [5.41, 5.74) is 2.07. The topological polar surface area (TPSA) is 59.1 Å². The molecular formula is C21H26N2O4S. The van der Waals surface area contributed by atoms with Gasteiger partial charge in [0.05, 0.1) is 24.2 Å². The van der Waals surface area contributed by atoms with Crippen molar-refractivity contribution in [3.63, 3.8) is 0 Å². The Bertz CT molecular complexity index is 911. The molecule has 7 heteroatoms. The Hall–Kier alpha value is -1.93. The Balaban J connectivity index is 1.60. The summed E-state index contributed by atoms with van der Waals surface area (Å²) in [6.07, 6.45) is 0. The van der Waals surface area contributed by atoms with Gasteiger partial charge in [-0.15, -0.1) is 0 Å². The maximum absolute atomic E-state index is 13.2. The van der Waals surface area contributed by atoms with Gasteiger partial charge in [0, 0.05) is 31.7 Å². The molecule has 0 aliphatic carbocycles. The maximum Gasteiger partial charge on any atom is 0.243 e. The largest absolute Gasteiger partial charge is 0.492 e. The van der Waals surface area contributed by atoms with Crippen LogP contribution in [0.15, 0.2) is 53.4 Å². The number of sulfonamides is 1. The van der Waals surface area contributed by atoms with Crippen molar-refractivity contribution >= 4 is 10.0 Å². The van der Waals surface area contributed by atoms with E-state index in [-0.39, 0.29) is 6.04 Å². The van der Waals surface area contributed by atoms with Gasteiger partial charge in [0.15, 0.2) is 0 Å². The predicted octanol–water partition coefficient (Wildman–Crippen LogP) is 2.49. The molecule has 1 saturated heterocycles. The molecule has 2 aliphatic heterocycles. The number of benzene rings is 2. The summed E-state index contributed by atoms with van der Waals surface area (Å²) >= 11 is 0. The van der Waals surface area contributed by atoms with Crippen molar-refractivity contribution in [2.75, 3.05) is 32.9 Å². The van der Waals surface area contributed by atoms with Crippen LogP contribution in [-0.2, 0) is 27.8 Å². The van der Waals surface area contributed by atoms with Crippen LogP contribution in [0, 0.1) is 0 Å². The van der Waals surface area contributed by atoms with Crippen LogP contribution in [0.5, 0.6) is 5.75 Å². The fourth-order valence-corrected chi connectivity index (χ4v) is 5.30. The van der Waals surface area contributed by atoms with E-state index in [0.717, 1.165) is 49.7 Å². The zero-order chi connectivity index (χ0) is 19.6. The molecule has 1 atom stereocenters. The molecule has 0 spiro atoms. The van der Waals surface area contributed by atoms with Gasteiger partial charge in [0.2, 0.25) is 10.0 Å². The number of fused-ring (bicyclic) bond motifs is 1. The van der Waals surface area contributed by atoms with Gasteiger partial charge in [-0.2, -0.15) is 4.31 Å². The summed E-state index contributed by atoms with van der Waals surface area (Å²) in [6, 6.07) is 14.5. The summed E-state index contributed by atoms with van der Waals surface area (Å²) in [4.78, 5) is 2.67. The summed E-state index contributed by atoms with van der Waals surface area (Å²) in [5.74, 6) is 0.767. The molecule has 6 nitrogen and oxygen atoms in total. The van der Waals surface area contributed by atoms with Crippen LogP contribution >= 0.6 is 0 Å². The number of ether oxygens (including phenoxy) is 2. The molecule has 2 aromatic carbocycles. The van der Waals surface area contributed by atoms with Crippen molar-refractivity contribution < 1.29 is 17.9 Å². The van der Waals surface area contributed by atoms with E-state index in [2.05, 4.69) is 17.0 Å². The van der Waals surface area contributed by atoms with E-state index in [9.17, 15) is 8.42 Å². The van der Waals surface area contributed by atoms with Crippen LogP contribution in [0.1, 0.15) is 18.1 Å². The Kier molecular flexibility index (Phi) is 5.68. The average Bonchev–Trinajstić information content (AvgIpc) is 2.89. The molecule has 0 N–H and O–H groups in total. The van der Waals surface area contributed by atoms with Gasteiger partial charge in [0.1, 0.15) is 12.4 Å². The Labute approximate surface area is 166 Å². The minimum absolute atomic E-state index is 0.250. The lowest BCUT2D eigenvalue weighted by Gasteiger charge is -2.27. The van der Waals surface area contributed by atoms with Crippen LogP contribution in [-0.4, -0.2) is 56.6 Å². The molecule has 150 valence electrons. The second-order valence-corrected chi connectivity index (χ2v) is 9.24. The minimum atomic E-state index is -3.59. The molecule has 28 heavy (non-hydrogen) atoms. The fourth-order valence-electron chi connectivity index (χ4n) is 3.68. The lowest BCUT2D eigenvalue weighted by Crippen LogP contribution is -2.39. The van der Waals surface area contributed by atoms with Gasteiger partial charge < -0.3 is 9.47 Å². The highest BCUT2D eigenvalue weighted by Gasteiger charge is 2.32. The summed E-state index contributed by atoms with van der Waals surface area (Å²) in [5, 5.41) is 0. The molecule has 0 aromatic heterocycles. The normalized spacial score (nSPS) is 21.5. The molecule has 0 amide bonds. The lowest BCUT2D eigenvalue weighted by atomic mass is 10.1. The maximum atomic E-state index is 13.2. The molecule has 0 unspecified atom stereocenters. The smallest absolute Gasteiger partial charge is 0.243 e. The Morgan fingerprint density at radius 3 is 2.57 bits per heavy atom. The van der Waals surface area contributed by atoms with Crippen molar-refractivity contribution in [2.45, 2.75) is 31.0 Å². The van der Waals surface area contributed by atoms with E-state index in [0.29, 0.717) is 18.0 Å². The van der Waals surface area contributed by atoms with E-state index in [1.165, 1.54) is 0 Å². The summed E-state index contributed by atoms with van der Waals surface area (Å²) in [7, 11) is -3.59. The van der Waals surface area contributed by atoms with Crippen LogP contribution in [0.3, 0.4) is 0 Å². The van der Waals surface area contributed by atoms with Gasteiger partial charge in [0.25, 0.3) is 0 Å². The third-order valence-electron chi connectivity index (χ3n) is 5.28. The zero-order valence-electron chi connectivity index (χ0n) is 16.1. The van der Waals surface area contributed by atoms with Gasteiger partial charge in [-0.3, -0.25) is 4.90 Å². The van der Waals surface area contributed by atoms with E-state index >= 15 is 0 Å². The average molecular weight is 403 g/mol. The third-order valence-corrected chi connectivity index (χ3v) is 7.26. The highest BCUT2D eigenvalue weighted by atomic mass is 32.2. The van der Waals surface area contributed by atoms with Crippen molar-refractivity contribution in [3.8, 4) is 5.75 Å². The number of morpholine rings is 1. The Morgan fingerprint density at radius 1 is 1.07 bits per heavy atom. The monoisotopic (exact) mass is 402 g/mol. The Morgan fingerprint density at radius 2 is 1.82 bits per heavy atom. The molecule has 0 saturated carbocycles. The van der Waals surface area contributed by atoms with Gasteiger partial charge in [-0.25, -0.2) is 8.42 Å². The summed E-state index contributed by atoms with van der Waals surface area (Å²) in [6.45, 7) is 6.72. The molecule has 2 aliphatic rings. The van der Waals surface area contributed by atoms with Crippen molar-refractivity contribution in [3.05, 3.63) is 59.7 Å². The number of rotatable bonds is 4. The van der Waals surface area contributed by atoms with Crippen LogP contribution in [0.2, 0.25) is 0 Å². The van der Waals surface area contributed by atoms with Gasteiger partial charge >= 0.3 is 0 Å². The van der Waals surface area contributed by atoms with E-state index < -0.39 is 10.0 Å². The number of hydrogen-bond donors (Lipinski definition) is 0. The minimum Gasteiger partial charge on any atom is -0.492 e. The molecule has 2 heterocycles. The zero-order valence-corrected chi connectivity index (χ0v) is 16.9. The van der Waals surface area contributed by atoms with E-state index in [1.807, 2.05) is 19.1 Å². The fraction of sp³-hybridized carbons (Fsp3) is 0.429. The predicted molar refractivity (Wildman–Crippen MR) is 107 cm³/mol. The first-order valence-corrected chi connectivity index (χ1v) is 11.1. The van der Waals surface area contributed by atoms with Gasteiger partial charge in [-0.1, -0.05) is 24.3 Å². The third kappa shape index (κ3) is 4.07. The number of hydrogen-bond acceptors (Lipinski definition) is 5. The second-order valence-electron chi connectivity index (χ2n) is 7.35. The standard InChI is InChI=1S/C21H26N2O4S/c1-17-16-27-21-8-7-18(14-22-9-11-26-12-10-22)13-19(21)15-23(17)28(24,25)20-5-3-2-4-6-20/h2-8,13,17H,9-12,14-16H2,1H3/t17-/m0/s1. The van der Waals surface area contributed by atoms with Crippen LogP contribution in [0.4, 0.5) is 0 Å². The van der Waals surface area contributed by atoms with Crippen LogP contribution < -0.4 is 4.74 Å². The quantitative estimate of drug-likeness (QED) is 0.786. The molecule has 2 aromatic rings. The SMILES string of the molecule is C[C@H]1COc2ccc(CN3CCOCC3)cc2CN1S(=O)(=O)c1ccccc1. The van der Waals surface area contributed by atoms with Crippen molar-refractivity contribution in [1.29, 1.82) is 0 Å². The highest BCUT2D eigenvalue weighted by molar-refractivity contribution is 7.89. The van der Waals surface area contributed by atoms with E-state index in [4.69, 9.17) is 9.47 Å². The lowest BCUT2D eigenvalue weighted by molar-refractivity contribution is 0.0342. The first-order valence-electron chi connectivity index (χ1n) is 9.65. The molecule has 1 fully saturated rings. The molecular weight excluding hydrogens is 376 g/mol. The van der Waals surface area contributed by atoms with Crippen molar-refractivity contribution in [1.82, 2.24) is 9.21 Å².